The molecule has 1 aliphatic rings. The van der Waals surface area contributed by atoms with Gasteiger partial charge in [-0.15, -0.1) is 0 Å². The third-order valence-corrected chi connectivity index (χ3v) is 4.18. The smallest absolute Gasteiger partial charge is 0.0847 e. The van der Waals surface area contributed by atoms with Crippen LogP contribution in [0.4, 0.5) is 0 Å². The van der Waals surface area contributed by atoms with E-state index in [-0.39, 0.29) is 5.60 Å². The maximum atomic E-state index is 6.06. The van der Waals surface area contributed by atoms with Gasteiger partial charge in [-0.2, -0.15) is 0 Å². The zero-order chi connectivity index (χ0) is 13.8. The minimum absolute atomic E-state index is 0.0840. The van der Waals surface area contributed by atoms with Gasteiger partial charge < -0.3 is 15.2 Å². The topological polar surface area (TPSA) is 44.5 Å². The van der Waals surface area contributed by atoms with Crippen LogP contribution in [0.3, 0.4) is 0 Å². The second-order valence-corrected chi connectivity index (χ2v) is 5.82. The van der Waals surface area contributed by atoms with Crippen molar-refractivity contribution in [1.82, 2.24) is 0 Å². The van der Waals surface area contributed by atoms with Crippen LogP contribution in [-0.2, 0) is 9.47 Å². The van der Waals surface area contributed by atoms with E-state index in [4.69, 9.17) is 15.2 Å². The molecular formula is C16H33NO2. The summed E-state index contributed by atoms with van der Waals surface area (Å²) in [6, 6.07) is 0. The lowest BCUT2D eigenvalue weighted by molar-refractivity contribution is -0.105. The first kappa shape index (κ1) is 16.9. The van der Waals surface area contributed by atoms with Crippen molar-refractivity contribution in [2.45, 2.75) is 76.7 Å². The second-order valence-electron chi connectivity index (χ2n) is 5.82. The van der Waals surface area contributed by atoms with E-state index in [0.29, 0.717) is 6.54 Å². The number of ether oxygens (including phenoxy) is 2. The molecule has 0 saturated carbocycles. The van der Waals surface area contributed by atoms with Crippen molar-refractivity contribution in [3.05, 3.63) is 0 Å². The molecule has 1 fully saturated rings. The van der Waals surface area contributed by atoms with Crippen LogP contribution in [0, 0.1) is 0 Å². The number of unbranched alkanes of at least 4 members (excludes halogenated alkanes) is 7. The zero-order valence-electron chi connectivity index (χ0n) is 12.8. The Hall–Kier alpha value is -0.120. The predicted octanol–water partition coefficient (Wildman–Crippen LogP) is 3.65. The lowest BCUT2D eigenvalue weighted by Crippen LogP contribution is -2.45. The van der Waals surface area contributed by atoms with Gasteiger partial charge in [0.2, 0.25) is 0 Å². The van der Waals surface area contributed by atoms with Crippen LogP contribution in [0.15, 0.2) is 0 Å². The molecule has 0 aromatic carbocycles. The normalized spacial score (nSPS) is 18.6. The number of hydrogen-bond donors (Lipinski definition) is 1. The fourth-order valence-corrected chi connectivity index (χ4v) is 2.68. The summed E-state index contributed by atoms with van der Waals surface area (Å²) >= 11 is 0. The lowest BCUT2D eigenvalue weighted by Gasteiger charge is -2.36. The van der Waals surface area contributed by atoms with E-state index in [1.807, 2.05) is 0 Å². The second kappa shape index (κ2) is 10.6. The SMILES string of the molecule is CCCCCCCCCCOC1(CN)CCOCC1. The van der Waals surface area contributed by atoms with E-state index in [1.54, 1.807) is 0 Å². The van der Waals surface area contributed by atoms with Gasteiger partial charge >= 0.3 is 0 Å². The molecule has 0 aliphatic carbocycles. The summed E-state index contributed by atoms with van der Waals surface area (Å²) in [5, 5.41) is 0. The minimum atomic E-state index is -0.0840. The third-order valence-electron chi connectivity index (χ3n) is 4.18. The first-order valence-corrected chi connectivity index (χ1v) is 8.25. The molecule has 0 aromatic heterocycles. The number of rotatable bonds is 11. The van der Waals surface area contributed by atoms with Crippen LogP contribution in [-0.4, -0.2) is 32.0 Å². The van der Waals surface area contributed by atoms with Gasteiger partial charge in [0.05, 0.1) is 5.60 Å². The van der Waals surface area contributed by atoms with Crippen LogP contribution in [0.2, 0.25) is 0 Å². The molecule has 19 heavy (non-hydrogen) atoms. The van der Waals surface area contributed by atoms with Gasteiger partial charge in [0.25, 0.3) is 0 Å². The van der Waals surface area contributed by atoms with Crippen molar-refractivity contribution in [3.63, 3.8) is 0 Å². The molecule has 1 saturated heterocycles. The summed E-state index contributed by atoms with van der Waals surface area (Å²) < 4.78 is 11.4. The van der Waals surface area contributed by atoms with E-state index in [0.717, 1.165) is 32.7 Å². The van der Waals surface area contributed by atoms with Crippen LogP contribution in [0.5, 0.6) is 0 Å². The van der Waals surface area contributed by atoms with Gasteiger partial charge in [0.1, 0.15) is 0 Å². The molecule has 0 amide bonds. The average molecular weight is 271 g/mol. The summed E-state index contributed by atoms with van der Waals surface area (Å²) in [7, 11) is 0. The summed E-state index contributed by atoms with van der Waals surface area (Å²) in [5.41, 5.74) is 5.78. The maximum absolute atomic E-state index is 6.06. The Morgan fingerprint density at radius 2 is 1.53 bits per heavy atom. The van der Waals surface area contributed by atoms with Crippen LogP contribution in [0.1, 0.15) is 71.1 Å². The third kappa shape index (κ3) is 7.28. The van der Waals surface area contributed by atoms with Crippen molar-refractivity contribution in [3.8, 4) is 0 Å². The van der Waals surface area contributed by atoms with Crippen LogP contribution < -0.4 is 5.73 Å². The Labute approximate surface area is 119 Å². The van der Waals surface area contributed by atoms with E-state index in [2.05, 4.69) is 6.92 Å². The summed E-state index contributed by atoms with van der Waals surface area (Å²) in [5.74, 6) is 0. The highest BCUT2D eigenvalue weighted by molar-refractivity contribution is 4.84. The van der Waals surface area contributed by atoms with E-state index >= 15 is 0 Å². The number of nitrogens with two attached hydrogens (primary N) is 1. The highest BCUT2D eigenvalue weighted by Gasteiger charge is 2.31. The van der Waals surface area contributed by atoms with Crippen molar-refractivity contribution in [2.24, 2.45) is 5.73 Å². The Bertz CT molecular complexity index is 203. The van der Waals surface area contributed by atoms with E-state index < -0.39 is 0 Å². The number of hydrogen-bond acceptors (Lipinski definition) is 3. The fourth-order valence-electron chi connectivity index (χ4n) is 2.68. The van der Waals surface area contributed by atoms with Crippen molar-refractivity contribution in [1.29, 1.82) is 0 Å². The Morgan fingerprint density at radius 1 is 0.947 bits per heavy atom. The molecule has 114 valence electrons. The first-order valence-electron chi connectivity index (χ1n) is 8.25. The standard InChI is InChI=1S/C16H33NO2/c1-2-3-4-5-6-7-8-9-12-19-16(15-17)10-13-18-14-11-16/h2-15,17H2,1H3. The fraction of sp³-hybridized carbons (Fsp3) is 1.00. The molecule has 2 N–H and O–H groups in total. The van der Waals surface area contributed by atoms with Gasteiger partial charge in [0.15, 0.2) is 0 Å². The molecule has 1 heterocycles. The Balaban J connectivity index is 1.94. The molecule has 3 nitrogen and oxygen atoms in total. The van der Waals surface area contributed by atoms with E-state index in [9.17, 15) is 0 Å². The van der Waals surface area contributed by atoms with Gasteiger partial charge in [-0.25, -0.2) is 0 Å². The van der Waals surface area contributed by atoms with Gasteiger partial charge in [0, 0.05) is 39.2 Å². The van der Waals surface area contributed by atoms with Gasteiger partial charge in [-0.05, 0) is 6.42 Å². The largest absolute Gasteiger partial charge is 0.381 e. The maximum Gasteiger partial charge on any atom is 0.0847 e. The molecule has 1 rings (SSSR count). The van der Waals surface area contributed by atoms with Crippen molar-refractivity contribution in [2.75, 3.05) is 26.4 Å². The van der Waals surface area contributed by atoms with Crippen LogP contribution in [0.25, 0.3) is 0 Å². The van der Waals surface area contributed by atoms with Crippen LogP contribution >= 0.6 is 0 Å². The molecule has 0 bridgehead atoms. The molecule has 3 heteroatoms. The highest BCUT2D eigenvalue weighted by atomic mass is 16.5. The quantitative estimate of drug-likeness (QED) is 0.583. The van der Waals surface area contributed by atoms with Gasteiger partial charge in [-0.3, -0.25) is 0 Å². The van der Waals surface area contributed by atoms with E-state index in [1.165, 1.54) is 51.4 Å². The van der Waals surface area contributed by atoms with Crippen molar-refractivity contribution >= 4 is 0 Å². The molecule has 0 aromatic rings. The van der Waals surface area contributed by atoms with Gasteiger partial charge in [-0.1, -0.05) is 51.9 Å². The molecule has 0 unspecified atom stereocenters. The average Bonchev–Trinajstić information content (AvgIpc) is 2.46. The predicted molar refractivity (Wildman–Crippen MR) is 80.4 cm³/mol. The Morgan fingerprint density at radius 3 is 2.11 bits per heavy atom. The summed E-state index contributed by atoms with van der Waals surface area (Å²) in [6.45, 7) is 5.36. The summed E-state index contributed by atoms with van der Waals surface area (Å²) in [6.07, 6.45) is 12.7. The Kier molecular flexibility index (Phi) is 9.48. The lowest BCUT2D eigenvalue weighted by atomic mass is 9.94. The van der Waals surface area contributed by atoms with Crippen molar-refractivity contribution < 1.29 is 9.47 Å². The summed E-state index contributed by atoms with van der Waals surface area (Å²) in [4.78, 5) is 0. The molecule has 0 spiro atoms. The first-order chi connectivity index (χ1) is 9.33. The molecular weight excluding hydrogens is 238 g/mol. The zero-order valence-corrected chi connectivity index (χ0v) is 12.8. The molecule has 1 aliphatic heterocycles. The highest BCUT2D eigenvalue weighted by Crippen LogP contribution is 2.24. The monoisotopic (exact) mass is 271 g/mol. The minimum Gasteiger partial charge on any atom is -0.381 e. The molecule has 0 atom stereocenters. The molecule has 0 radical (unpaired) electrons.